The first kappa shape index (κ1) is 69.4. The van der Waals surface area contributed by atoms with Crippen LogP contribution in [0.5, 0.6) is 0 Å². The second-order valence-corrected chi connectivity index (χ2v) is 22.4. The number of phosphoric ester groups is 1. The summed E-state index contributed by atoms with van der Waals surface area (Å²) in [5.74, 6) is -0.208. The van der Waals surface area contributed by atoms with Crippen LogP contribution in [0.3, 0.4) is 0 Å². The monoisotopic (exact) mass is 1020 g/mol. The topological polar surface area (TPSA) is 108 Å². The lowest BCUT2D eigenvalue weighted by atomic mass is 10.0. The average Bonchev–Trinajstić information content (AvgIpc) is 3.34. The van der Waals surface area contributed by atoms with Gasteiger partial charge in [0.25, 0.3) is 7.82 Å². The fraction of sp³-hybridized carbons (Fsp3) is 0.730. The van der Waals surface area contributed by atoms with Crippen LogP contribution in [0.2, 0.25) is 0 Å². The maximum atomic E-state index is 13.0. The highest BCUT2D eigenvalue weighted by Gasteiger charge is 2.24. The Labute approximate surface area is 445 Å². The van der Waals surface area contributed by atoms with Crippen LogP contribution in [0.25, 0.3) is 0 Å². The molecule has 3 unspecified atom stereocenters. The maximum Gasteiger partial charge on any atom is 0.268 e. The number of aliphatic hydroxyl groups is 1. The molecule has 0 aliphatic rings. The number of aliphatic hydroxyl groups excluding tert-OH is 1. The van der Waals surface area contributed by atoms with Crippen LogP contribution in [-0.4, -0.2) is 68.5 Å². The van der Waals surface area contributed by atoms with Crippen molar-refractivity contribution in [2.75, 3.05) is 40.9 Å². The van der Waals surface area contributed by atoms with Crippen LogP contribution >= 0.6 is 7.82 Å². The second-order valence-electron chi connectivity index (χ2n) is 21.0. The molecule has 3 atom stereocenters. The smallest absolute Gasteiger partial charge is 0.268 e. The van der Waals surface area contributed by atoms with Gasteiger partial charge in [-0.25, -0.2) is 0 Å². The predicted molar refractivity (Wildman–Crippen MR) is 311 cm³/mol. The van der Waals surface area contributed by atoms with Crippen molar-refractivity contribution in [1.29, 1.82) is 0 Å². The van der Waals surface area contributed by atoms with E-state index in [0.717, 1.165) is 83.5 Å². The molecule has 0 heterocycles. The average molecular weight is 1030 g/mol. The third-order valence-electron chi connectivity index (χ3n) is 12.8. The molecular weight excluding hydrogens is 912 g/mol. The van der Waals surface area contributed by atoms with Gasteiger partial charge in [-0.05, 0) is 77.0 Å². The summed E-state index contributed by atoms with van der Waals surface area (Å²) < 4.78 is 23.4. The molecule has 0 radical (unpaired) electrons. The van der Waals surface area contributed by atoms with Crippen LogP contribution in [0.4, 0.5) is 0 Å². The van der Waals surface area contributed by atoms with E-state index in [2.05, 4.69) is 116 Å². The van der Waals surface area contributed by atoms with Crippen molar-refractivity contribution >= 4 is 13.7 Å². The van der Waals surface area contributed by atoms with Gasteiger partial charge in [-0.3, -0.25) is 9.36 Å². The molecule has 0 bridgehead atoms. The first-order chi connectivity index (χ1) is 35.0. The van der Waals surface area contributed by atoms with Gasteiger partial charge >= 0.3 is 0 Å². The molecule has 2 N–H and O–H groups in total. The highest BCUT2D eigenvalue weighted by atomic mass is 31.2. The van der Waals surface area contributed by atoms with Gasteiger partial charge in [0.05, 0.1) is 39.9 Å². The third kappa shape index (κ3) is 55.2. The van der Waals surface area contributed by atoms with Crippen LogP contribution in [-0.2, 0) is 18.4 Å². The van der Waals surface area contributed by atoms with E-state index in [1.807, 2.05) is 21.1 Å². The number of allylic oxidation sites excluding steroid dienone is 16. The van der Waals surface area contributed by atoms with E-state index in [0.29, 0.717) is 30.3 Å². The van der Waals surface area contributed by atoms with Crippen LogP contribution < -0.4 is 10.2 Å². The van der Waals surface area contributed by atoms with E-state index in [4.69, 9.17) is 9.05 Å². The van der Waals surface area contributed by atoms with E-state index in [-0.39, 0.29) is 19.1 Å². The molecule has 8 nitrogen and oxygen atoms in total. The standard InChI is InChI=1S/C63H113N2O6P/c1-6-8-10-12-14-16-18-20-22-24-26-28-30-31-32-33-35-37-39-41-43-45-47-49-51-53-55-57-63(67)64-61(60-71-72(68,69)70-59-58-65(3,4)5)62(66)56-54-52-50-48-46-44-42-40-38-36-34-29-27-25-23-21-19-17-15-13-11-9-7-2/h8,10,14,16,20,22,26,28,31-32,35,37,41,43,47,49,61-62,66H,6-7,9,11-13,15,17-19,21,23-25,27,29-30,33-34,36,38-40,42,44-46,48,50-60H2,1-5H3,(H-,64,67,68,69)/b10-8-,16-14-,22-20-,28-26-,32-31-,37-35-,43-41-,49-47-. The second kappa shape index (κ2) is 53.3. The Morgan fingerprint density at radius 1 is 0.500 bits per heavy atom. The zero-order valence-corrected chi connectivity index (χ0v) is 48.2. The summed E-state index contributed by atoms with van der Waals surface area (Å²) in [5, 5.41) is 14.0. The van der Waals surface area contributed by atoms with E-state index in [1.165, 1.54) is 128 Å². The van der Waals surface area contributed by atoms with Crippen LogP contribution in [0.15, 0.2) is 97.2 Å². The Balaban J connectivity index is 4.29. The third-order valence-corrected chi connectivity index (χ3v) is 13.8. The van der Waals surface area contributed by atoms with Crippen molar-refractivity contribution < 1.29 is 32.9 Å². The fourth-order valence-corrected chi connectivity index (χ4v) is 8.96. The van der Waals surface area contributed by atoms with Gasteiger partial charge in [0.1, 0.15) is 13.2 Å². The van der Waals surface area contributed by atoms with Crippen molar-refractivity contribution in [1.82, 2.24) is 5.32 Å². The summed E-state index contributed by atoms with van der Waals surface area (Å²) in [6.07, 6.45) is 75.9. The summed E-state index contributed by atoms with van der Waals surface area (Å²) in [7, 11) is 1.26. The number of hydrogen-bond donors (Lipinski definition) is 2. The molecule has 0 aromatic rings. The first-order valence-electron chi connectivity index (χ1n) is 29.6. The number of hydrogen-bond acceptors (Lipinski definition) is 6. The van der Waals surface area contributed by atoms with Crippen molar-refractivity contribution in [2.45, 2.75) is 257 Å². The Kier molecular flexibility index (Phi) is 51.3. The molecule has 416 valence electrons. The van der Waals surface area contributed by atoms with Gasteiger partial charge in [0.15, 0.2) is 0 Å². The Morgan fingerprint density at radius 2 is 0.847 bits per heavy atom. The zero-order chi connectivity index (χ0) is 52.7. The maximum absolute atomic E-state index is 13.0. The van der Waals surface area contributed by atoms with Gasteiger partial charge < -0.3 is 28.8 Å². The Bertz CT molecular complexity index is 1490. The van der Waals surface area contributed by atoms with E-state index < -0.39 is 20.0 Å². The van der Waals surface area contributed by atoms with Crippen LogP contribution in [0.1, 0.15) is 245 Å². The minimum atomic E-state index is -4.59. The van der Waals surface area contributed by atoms with Gasteiger partial charge in [-0.2, -0.15) is 0 Å². The highest BCUT2D eigenvalue weighted by Crippen LogP contribution is 2.38. The summed E-state index contributed by atoms with van der Waals surface area (Å²) in [4.78, 5) is 25.5. The molecular formula is C63H113N2O6P. The molecule has 0 spiro atoms. The number of carbonyl (C=O) groups is 1. The molecule has 0 rings (SSSR count). The SMILES string of the molecule is CC/C=C\C/C=C\C/C=C\C/C=C\C/C=C\C/C=C\C/C=C\C/C=C\CCCCC(=O)NC(COP(=O)([O-])OCC[N+](C)(C)C)C(O)CCCCCCCCCCCCCCCCCCCCCCCCC. The number of amides is 1. The molecule has 72 heavy (non-hydrogen) atoms. The quantitative estimate of drug-likeness (QED) is 0.0272. The normalized spacial score (nSPS) is 14.6. The van der Waals surface area contributed by atoms with Gasteiger partial charge in [0.2, 0.25) is 5.91 Å². The first-order valence-corrected chi connectivity index (χ1v) is 31.0. The lowest BCUT2D eigenvalue weighted by Gasteiger charge is -2.30. The van der Waals surface area contributed by atoms with Gasteiger partial charge in [-0.1, -0.05) is 259 Å². The van der Waals surface area contributed by atoms with Gasteiger partial charge in [0, 0.05) is 6.42 Å². The number of rotatable bonds is 53. The lowest BCUT2D eigenvalue weighted by molar-refractivity contribution is -0.870. The molecule has 1 amide bonds. The molecule has 0 aliphatic heterocycles. The summed E-state index contributed by atoms with van der Waals surface area (Å²) in [5.41, 5.74) is 0. The number of phosphoric acid groups is 1. The predicted octanol–water partition coefficient (Wildman–Crippen LogP) is 17.6. The largest absolute Gasteiger partial charge is 0.756 e. The Hall–Kier alpha value is -2.58. The number of nitrogens with zero attached hydrogens (tertiary/aromatic N) is 1. The van der Waals surface area contributed by atoms with E-state index in [1.54, 1.807) is 0 Å². The molecule has 0 fully saturated rings. The van der Waals surface area contributed by atoms with E-state index >= 15 is 0 Å². The molecule has 9 heteroatoms. The summed E-state index contributed by atoms with van der Waals surface area (Å²) in [6.45, 7) is 4.58. The van der Waals surface area contributed by atoms with E-state index in [9.17, 15) is 19.4 Å². The highest BCUT2D eigenvalue weighted by molar-refractivity contribution is 7.45. The number of likely N-dealkylation sites (N-methyl/N-ethyl adjacent to an activating group) is 1. The minimum absolute atomic E-state index is 0.00157. The summed E-state index contributed by atoms with van der Waals surface area (Å²) >= 11 is 0. The van der Waals surface area contributed by atoms with Crippen molar-refractivity contribution in [3.8, 4) is 0 Å². The number of carbonyl (C=O) groups excluding carboxylic acids is 1. The van der Waals surface area contributed by atoms with Gasteiger partial charge in [-0.15, -0.1) is 0 Å². The molecule has 0 aromatic heterocycles. The zero-order valence-electron chi connectivity index (χ0n) is 47.4. The minimum Gasteiger partial charge on any atom is -0.756 e. The van der Waals surface area contributed by atoms with Crippen molar-refractivity contribution in [2.24, 2.45) is 0 Å². The number of quaternary nitrogens is 1. The number of unbranched alkanes of at least 4 members (excludes halogenated alkanes) is 24. The van der Waals surface area contributed by atoms with Crippen LogP contribution in [0, 0.1) is 0 Å². The summed E-state index contributed by atoms with van der Waals surface area (Å²) in [6, 6.07) is -0.832. The molecule has 0 aliphatic carbocycles. The Morgan fingerprint density at radius 3 is 1.21 bits per heavy atom. The molecule has 0 saturated carbocycles. The number of nitrogens with one attached hydrogen (secondary N) is 1. The van der Waals surface area contributed by atoms with Crippen molar-refractivity contribution in [3.05, 3.63) is 97.2 Å². The molecule has 0 saturated heterocycles. The lowest BCUT2D eigenvalue weighted by Crippen LogP contribution is -2.46. The fourth-order valence-electron chi connectivity index (χ4n) is 8.23. The molecule has 0 aromatic carbocycles. The van der Waals surface area contributed by atoms with Crippen molar-refractivity contribution in [3.63, 3.8) is 0 Å².